The first kappa shape index (κ1) is 15.0. The van der Waals surface area contributed by atoms with Crippen molar-refractivity contribution in [3.63, 3.8) is 0 Å². The van der Waals surface area contributed by atoms with Crippen molar-refractivity contribution in [3.05, 3.63) is 16.4 Å². The Balaban J connectivity index is 2.41. The van der Waals surface area contributed by atoms with Gasteiger partial charge in [0.2, 0.25) is 0 Å². The lowest BCUT2D eigenvalue weighted by Gasteiger charge is -2.37. The summed E-state index contributed by atoms with van der Waals surface area (Å²) in [4.78, 5) is 0. The second-order valence-corrected chi connectivity index (χ2v) is 6.01. The zero-order valence-electron chi connectivity index (χ0n) is 12.1. The van der Waals surface area contributed by atoms with Gasteiger partial charge in [0.15, 0.2) is 0 Å². The molecule has 0 saturated heterocycles. The van der Waals surface area contributed by atoms with E-state index in [-0.39, 0.29) is 11.6 Å². The van der Waals surface area contributed by atoms with Crippen molar-refractivity contribution in [2.75, 3.05) is 13.7 Å². The van der Waals surface area contributed by atoms with Gasteiger partial charge in [-0.3, -0.25) is 4.68 Å². The summed E-state index contributed by atoms with van der Waals surface area (Å²) in [6, 6.07) is 0.196. The molecule has 1 saturated carbocycles. The van der Waals surface area contributed by atoms with Crippen LogP contribution in [0.2, 0.25) is 0 Å². The molecule has 1 aliphatic rings. The summed E-state index contributed by atoms with van der Waals surface area (Å²) in [7, 11) is 1.84. The maximum atomic E-state index is 5.97. The number of rotatable bonds is 6. The summed E-state index contributed by atoms with van der Waals surface area (Å²) < 4.78 is 9.11. The van der Waals surface area contributed by atoms with Crippen LogP contribution in [0.25, 0.3) is 0 Å². The number of aryl methyl sites for hydroxylation is 1. The third-order valence-corrected chi connectivity index (χ3v) is 4.81. The fraction of sp³-hybridized carbons (Fsp3) is 0.786. The number of methoxy groups -OCH3 is 1. The van der Waals surface area contributed by atoms with E-state index in [2.05, 4.69) is 44.9 Å². The molecule has 1 aromatic rings. The minimum absolute atomic E-state index is 0.0918. The zero-order chi connectivity index (χ0) is 13.9. The first-order valence-corrected chi connectivity index (χ1v) is 7.97. The fourth-order valence-corrected chi connectivity index (χ4v) is 3.76. The molecule has 0 radical (unpaired) electrons. The number of ether oxygens (including phenoxy) is 1. The minimum atomic E-state index is -0.0918. The Morgan fingerprint density at radius 3 is 2.68 bits per heavy atom. The highest BCUT2D eigenvalue weighted by atomic mass is 79.9. The predicted molar refractivity (Wildman–Crippen MR) is 80.2 cm³/mol. The van der Waals surface area contributed by atoms with Gasteiger partial charge in [0.1, 0.15) is 0 Å². The molecule has 1 atom stereocenters. The largest absolute Gasteiger partial charge is 0.376 e. The van der Waals surface area contributed by atoms with E-state index >= 15 is 0 Å². The average molecular weight is 330 g/mol. The van der Waals surface area contributed by atoms with Gasteiger partial charge in [0.05, 0.1) is 28.0 Å². The van der Waals surface area contributed by atoms with Crippen LogP contribution in [-0.4, -0.2) is 29.0 Å². The molecule has 19 heavy (non-hydrogen) atoms. The van der Waals surface area contributed by atoms with Gasteiger partial charge in [-0.25, -0.2) is 0 Å². The maximum absolute atomic E-state index is 5.97. The Labute approximate surface area is 124 Å². The van der Waals surface area contributed by atoms with E-state index in [9.17, 15) is 0 Å². The summed E-state index contributed by atoms with van der Waals surface area (Å²) >= 11 is 3.65. The Hall–Kier alpha value is -0.390. The van der Waals surface area contributed by atoms with E-state index in [0.29, 0.717) is 0 Å². The maximum Gasteiger partial charge on any atom is 0.0888 e. The molecule has 2 rings (SSSR count). The summed E-state index contributed by atoms with van der Waals surface area (Å²) in [5, 5.41) is 8.07. The number of hydrogen-bond donors (Lipinski definition) is 1. The molecule has 1 heterocycles. The lowest BCUT2D eigenvalue weighted by atomic mass is 9.89. The van der Waals surface area contributed by atoms with Crippen molar-refractivity contribution in [1.29, 1.82) is 0 Å². The van der Waals surface area contributed by atoms with Crippen LogP contribution >= 0.6 is 15.9 Å². The standard InChI is InChI=1S/C14H24BrN3O/c1-4-16-13(14(19-3)8-6-7-9-14)12-11(15)10-17-18(12)5-2/h10,13,16H,4-9H2,1-3H3. The van der Waals surface area contributed by atoms with Crippen molar-refractivity contribution < 1.29 is 4.74 Å². The van der Waals surface area contributed by atoms with Crippen molar-refractivity contribution in [2.24, 2.45) is 0 Å². The molecule has 1 fully saturated rings. The van der Waals surface area contributed by atoms with Crippen molar-refractivity contribution in [1.82, 2.24) is 15.1 Å². The van der Waals surface area contributed by atoms with Gasteiger partial charge < -0.3 is 10.1 Å². The fourth-order valence-electron chi connectivity index (χ4n) is 3.23. The zero-order valence-corrected chi connectivity index (χ0v) is 13.7. The summed E-state index contributed by atoms with van der Waals surface area (Å²) in [5.41, 5.74) is 1.12. The number of nitrogens with one attached hydrogen (secondary N) is 1. The van der Waals surface area contributed by atoms with E-state index in [1.54, 1.807) is 0 Å². The van der Waals surface area contributed by atoms with Gasteiger partial charge in [-0.05, 0) is 42.2 Å². The summed E-state index contributed by atoms with van der Waals surface area (Å²) in [6.07, 6.45) is 6.60. The second kappa shape index (κ2) is 6.37. The SMILES string of the molecule is CCNC(c1c(Br)cnn1CC)C1(OC)CCCC1. The smallest absolute Gasteiger partial charge is 0.0888 e. The number of likely N-dealkylation sites (N-methyl/N-ethyl adjacent to an activating group) is 1. The molecule has 4 nitrogen and oxygen atoms in total. The third-order valence-electron chi connectivity index (χ3n) is 4.20. The number of nitrogens with zero attached hydrogens (tertiary/aromatic N) is 2. The minimum Gasteiger partial charge on any atom is -0.376 e. The van der Waals surface area contributed by atoms with Crippen LogP contribution in [0, 0.1) is 0 Å². The van der Waals surface area contributed by atoms with Gasteiger partial charge in [0.25, 0.3) is 0 Å². The molecule has 0 aromatic carbocycles. The molecular weight excluding hydrogens is 306 g/mol. The molecule has 1 aromatic heterocycles. The van der Waals surface area contributed by atoms with Crippen LogP contribution in [0.3, 0.4) is 0 Å². The van der Waals surface area contributed by atoms with Crippen molar-refractivity contribution >= 4 is 15.9 Å². The molecule has 1 N–H and O–H groups in total. The molecule has 0 aliphatic heterocycles. The van der Waals surface area contributed by atoms with E-state index in [0.717, 1.165) is 30.4 Å². The molecule has 1 aliphatic carbocycles. The first-order valence-electron chi connectivity index (χ1n) is 7.18. The van der Waals surface area contributed by atoms with Crippen LogP contribution in [-0.2, 0) is 11.3 Å². The lowest BCUT2D eigenvalue weighted by molar-refractivity contribution is -0.0387. The van der Waals surface area contributed by atoms with E-state index < -0.39 is 0 Å². The number of hydrogen-bond acceptors (Lipinski definition) is 3. The van der Waals surface area contributed by atoms with Gasteiger partial charge >= 0.3 is 0 Å². The van der Waals surface area contributed by atoms with Gasteiger partial charge in [0, 0.05) is 13.7 Å². The predicted octanol–water partition coefficient (Wildman–Crippen LogP) is 3.28. The quantitative estimate of drug-likeness (QED) is 0.870. The van der Waals surface area contributed by atoms with Crippen LogP contribution in [0.15, 0.2) is 10.7 Å². The lowest BCUT2D eigenvalue weighted by Crippen LogP contribution is -2.44. The van der Waals surface area contributed by atoms with E-state index in [4.69, 9.17) is 4.74 Å². The molecular formula is C14H24BrN3O. The molecule has 108 valence electrons. The molecule has 5 heteroatoms. The third kappa shape index (κ3) is 2.73. The Morgan fingerprint density at radius 2 is 2.16 bits per heavy atom. The van der Waals surface area contributed by atoms with Gasteiger partial charge in [-0.15, -0.1) is 0 Å². The molecule has 0 bridgehead atoms. The molecule has 0 amide bonds. The highest BCUT2D eigenvalue weighted by Crippen LogP contribution is 2.44. The Bertz CT molecular complexity index is 413. The first-order chi connectivity index (χ1) is 9.18. The van der Waals surface area contributed by atoms with E-state index in [1.165, 1.54) is 18.5 Å². The van der Waals surface area contributed by atoms with Crippen molar-refractivity contribution in [3.8, 4) is 0 Å². The average Bonchev–Trinajstić information content (AvgIpc) is 3.03. The van der Waals surface area contributed by atoms with Gasteiger partial charge in [-0.2, -0.15) is 5.10 Å². The molecule has 1 unspecified atom stereocenters. The molecule has 0 spiro atoms. The summed E-state index contributed by atoms with van der Waals surface area (Å²) in [5.74, 6) is 0. The van der Waals surface area contributed by atoms with Crippen molar-refractivity contribution in [2.45, 2.75) is 57.7 Å². The van der Waals surface area contributed by atoms with Gasteiger partial charge in [-0.1, -0.05) is 19.8 Å². The van der Waals surface area contributed by atoms with Crippen LogP contribution in [0.1, 0.15) is 51.3 Å². The topological polar surface area (TPSA) is 39.1 Å². The summed E-state index contributed by atoms with van der Waals surface area (Å²) in [6.45, 7) is 6.08. The van der Waals surface area contributed by atoms with E-state index in [1.807, 2.05) is 13.3 Å². The monoisotopic (exact) mass is 329 g/mol. The normalized spacial score (nSPS) is 19.8. The number of aromatic nitrogens is 2. The van der Waals surface area contributed by atoms with Crippen LogP contribution < -0.4 is 5.32 Å². The van der Waals surface area contributed by atoms with Crippen LogP contribution in [0.5, 0.6) is 0 Å². The van der Waals surface area contributed by atoms with Crippen LogP contribution in [0.4, 0.5) is 0 Å². The number of halogens is 1. The highest BCUT2D eigenvalue weighted by Gasteiger charge is 2.44. The second-order valence-electron chi connectivity index (χ2n) is 5.16. The Kier molecular flexibility index (Phi) is 5.03. The Morgan fingerprint density at radius 1 is 1.47 bits per heavy atom. The highest BCUT2D eigenvalue weighted by molar-refractivity contribution is 9.10.